The van der Waals surface area contributed by atoms with Crippen molar-refractivity contribution >= 4 is 28.5 Å². The summed E-state index contributed by atoms with van der Waals surface area (Å²) in [7, 11) is 0. The van der Waals surface area contributed by atoms with Crippen LogP contribution in [0.15, 0.2) is 30.5 Å². The van der Waals surface area contributed by atoms with Crippen LogP contribution in [0.4, 0.5) is 23.1 Å². The maximum atomic E-state index is 12.3. The number of thiazole rings is 1. The molecule has 2 aromatic rings. The van der Waals surface area contributed by atoms with Crippen LogP contribution >= 0.6 is 11.3 Å². The average molecular weight is 431 g/mol. The second kappa shape index (κ2) is 8.55. The van der Waals surface area contributed by atoms with Crippen molar-refractivity contribution in [1.82, 2.24) is 9.88 Å². The minimum Gasteiger partial charge on any atom is -0.490 e. The Morgan fingerprint density at radius 1 is 1.24 bits per heavy atom. The highest BCUT2D eigenvalue weighted by molar-refractivity contribution is 7.17. The summed E-state index contributed by atoms with van der Waals surface area (Å²) in [5.74, 6) is -1.24. The lowest BCUT2D eigenvalue weighted by Gasteiger charge is -2.32. The van der Waals surface area contributed by atoms with Gasteiger partial charge in [-0.1, -0.05) is 17.4 Å². The zero-order valence-electron chi connectivity index (χ0n) is 14.8. The highest BCUT2D eigenvalue weighted by Gasteiger charge is 2.31. The molecule has 2 heterocycles. The van der Waals surface area contributed by atoms with E-state index in [1.807, 2.05) is 0 Å². The van der Waals surface area contributed by atoms with Crippen molar-refractivity contribution in [2.75, 3.05) is 18.4 Å². The number of carboxylic acids is 1. The van der Waals surface area contributed by atoms with Gasteiger partial charge in [0, 0.05) is 32.0 Å². The lowest BCUT2D eigenvalue weighted by atomic mass is 10.1. The summed E-state index contributed by atoms with van der Waals surface area (Å²) in [4.78, 5) is 28.5. The van der Waals surface area contributed by atoms with Crippen molar-refractivity contribution in [3.63, 3.8) is 0 Å². The number of carboxylic acid groups (broad SMARTS) is 1. The Balaban J connectivity index is 1.49. The molecule has 2 amide bonds. The van der Waals surface area contributed by atoms with Gasteiger partial charge in [-0.2, -0.15) is 0 Å². The molecule has 0 saturated carbocycles. The van der Waals surface area contributed by atoms with Crippen LogP contribution in [-0.2, 0) is 0 Å². The summed E-state index contributed by atoms with van der Waals surface area (Å²) in [5, 5.41) is 11.6. The Morgan fingerprint density at radius 3 is 2.55 bits per heavy atom. The summed E-state index contributed by atoms with van der Waals surface area (Å²) in [5.41, 5.74) is 0. The molecule has 1 aliphatic heterocycles. The van der Waals surface area contributed by atoms with Gasteiger partial charge < -0.3 is 19.5 Å². The summed E-state index contributed by atoms with van der Waals surface area (Å²) in [6, 6.07) is 4.87. The first-order valence-electron chi connectivity index (χ1n) is 8.47. The molecule has 1 fully saturated rings. The Labute approximate surface area is 166 Å². The summed E-state index contributed by atoms with van der Waals surface area (Å²) in [6.45, 7) is 0.735. The van der Waals surface area contributed by atoms with E-state index in [-0.39, 0.29) is 27.6 Å². The quantitative estimate of drug-likeness (QED) is 0.747. The third-order valence-corrected chi connectivity index (χ3v) is 4.90. The third kappa shape index (κ3) is 5.98. The zero-order chi connectivity index (χ0) is 21.0. The van der Waals surface area contributed by atoms with E-state index in [9.17, 15) is 22.8 Å². The number of hydrogen-bond acceptors (Lipinski definition) is 6. The van der Waals surface area contributed by atoms with Crippen LogP contribution in [0.25, 0.3) is 0 Å². The Bertz CT molecular complexity index is 881. The molecule has 1 aromatic carbocycles. The van der Waals surface area contributed by atoms with Gasteiger partial charge in [-0.15, -0.1) is 13.2 Å². The minimum absolute atomic E-state index is 0.0177. The number of urea groups is 1. The molecular weight excluding hydrogens is 415 g/mol. The summed E-state index contributed by atoms with van der Waals surface area (Å²) < 4.78 is 46.5. The van der Waals surface area contributed by atoms with Crippen LogP contribution < -0.4 is 14.8 Å². The highest BCUT2D eigenvalue weighted by Crippen LogP contribution is 2.28. The number of alkyl halides is 3. The number of anilines is 1. The van der Waals surface area contributed by atoms with Gasteiger partial charge in [0.2, 0.25) is 0 Å². The molecule has 0 spiro atoms. The fourth-order valence-electron chi connectivity index (χ4n) is 2.72. The lowest BCUT2D eigenvalue weighted by molar-refractivity contribution is -0.274. The molecule has 0 unspecified atom stereocenters. The molecule has 0 aliphatic carbocycles. The summed E-state index contributed by atoms with van der Waals surface area (Å²) in [6.07, 6.45) is -2.91. The number of aromatic nitrogens is 1. The molecule has 1 aromatic heterocycles. The number of ether oxygens (including phenoxy) is 2. The number of carbonyl (C=O) groups is 2. The van der Waals surface area contributed by atoms with E-state index < -0.39 is 18.4 Å². The number of carbonyl (C=O) groups excluding carboxylic acids is 1. The van der Waals surface area contributed by atoms with Crippen molar-refractivity contribution in [3.05, 3.63) is 35.3 Å². The van der Waals surface area contributed by atoms with Gasteiger partial charge >= 0.3 is 18.4 Å². The van der Waals surface area contributed by atoms with Crippen LogP contribution in [0, 0.1) is 0 Å². The van der Waals surface area contributed by atoms with Gasteiger partial charge in [-0.3, -0.25) is 5.32 Å². The zero-order valence-corrected chi connectivity index (χ0v) is 15.6. The largest absolute Gasteiger partial charge is 0.573 e. The smallest absolute Gasteiger partial charge is 0.490 e. The molecule has 0 bridgehead atoms. The number of nitrogens with zero attached hydrogens (tertiary/aromatic N) is 2. The van der Waals surface area contributed by atoms with E-state index in [1.165, 1.54) is 29.3 Å². The normalized spacial score (nSPS) is 15.1. The Kier molecular flexibility index (Phi) is 6.11. The van der Waals surface area contributed by atoms with Crippen LogP contribution in [-0.4, -0.2) is 52.5 Å². The van der Waals surface area contributed by atoms with Crippen LogP contribution in [0.1, 0.15) is 22.5 Å². The van der Waals surface area contributed by atoms with Crippen LogP contribution in [0.5, 0.6) is 11.5 Å². The highest BCUT2D eigenvalue weighted by atomic mass is 32.1. The third-order valence-electron chi connectivity index (χ3n) is 4.00. The predicted octanol–water partition coefficient (Wildman–Crippen LogP) is 3.82. The molecule has 2 N–H and O–H groups in total. The number of nitrogens with one attached hydrogen (secondary N) is 1. The number of halogens is 3. The van der Waals surface area contributed by atoms with Gasteiger partial charge in [0.15, 0.2) is 5.13 Å². The molecule has 0 atom stereocenters. The van der Waals surface area contributed by atoms with Crippen molar-refractivity contribution < 1.29 is 37.3 Å². The second-order valence-electron chi connectivity index (χ2n) is 6.09. The minimum atomic E-state index is -4.78. The second-order valence-corrected chi connectivity index (χ2v) is 7.12. The van der Waals surface area contributed by atoms with Crippen LogP contribution in [0.3, 0.4) is 0 Å². The van der Waals surface area contributed by atoms with Crippen molar-refractivity contribution in [2.24, 2.45) is 0 Å². The number of aromatic carboxylic acids is 1. The molecule has 156 valence electrons. The molecular formula is C17H16F3N3O5S. The number of likely N-dealkylation sites (tertiary alicyclic amines) is 1. The van der Waals surface area contributed by atoms with E-state index in [2.05, 4.69) is 15.0 Å². The fourth-order valence-corrected chi connectivity index (χ4v) is 3.36. The maximum absolute atomic E-state index is 12.3. The van der Waals surface area contributed by atoms with E-state index >= 15 is 0 Å². The average Bonchev–Trinajstić information content (AvgIpc) is 3.10. The van der Waals surface area contributed by atoms with E-state index in [0.717, 1.165) is 17.4 Å². The van der Waals surface area contributed by atoms with Gasteiger partial charge in [-0.05, 0) is 12.1 Å². The van der Waals surface area contributed by atoms with E-state index in [4.69, 9.17) is 9.84 Å². The number of hydrogen-bond donors (Lipinski definition) is 2. The first kappa shape index (κ1) is 20.7. The van der Waals surface area contributed by atoms with Crippen LogP contribution in [0.2, 0.25) is 0 Å². The Morgan fingerprint density at radius 2 is 1.93 bits per heavy atom. The van der Waals surface area contributed by atoms with Gasteiger partial charge in [0.05, 0.1) is 6.20 Å². The standard InChI is InChI=1S/C17H16F3N3O5S/c18-17(19,20)28-12-3-1-2-11(8-12)27-10-4-6-23(7-5-10)16(26)22-15-21-9-13(29-15)14(24)25/h1-3,8-10H,4-7H2,(H,24,25)(H,21,22,26). The maximum Gasteiger partial charge on any atom is 0.573 e. The number of amides is 2. The van der Waals surface area contributed by atoms with Crippen molar-refractivity contribution in [3.8, 4) is 11.5 Å². The number of rotatable bonds is 5. The molecule has 8 nitrogen and oxygen atoms in total. The summed E-state index contributed by atoms with van der Waals surface area (Å²) >= 11 is 0.855. The van der Waals surface area contributed by atoms with Crippen molar-refractivity contribution in [2.45, 2.75) is 25.3 Å². The van der Waals surface area contributed by atoms with Gasteiger partial charge in [-0.25, -0.2) is 14.6 Å². The fraction of sp³-hybridized carbons (Fsp3) is 0.353. The number of piperidine rings is 1. The molecule has 0 radical (unpaired) electrons. The molecule has 29 heavy (non-hydrogen) atoms. The number of benzene rings is 1. The van der Waals surface area contributed by atoms with Gasteiger partial charge in [0.25, 0.3) is 0 Å². The Hall–Kier alpha value is -3.02. The molecule has 3 rings (SSSR count). The first-order chi connectivity index (χ1) is 13.7. The SMILES string of the molecule is O=C(O)c1cnc(NC(=O)N2CCC(Oc3cccc(OC(F)(F)F)c3)CC2)s1. The van der Waals surface area contributed by atoms with E-state index in [0.29, 0.717) is 25.9 Å². The van der Waals surface area contributed by atoms with E-state index in [1.54, 1.807) is 0 Å². The molecule has 12 heteroatoms. The predicted molar refractivity (Wildman–Crippen MR) is 96.4 cm³/mol. The topological polar surface area (TPSA) is 101 Å². The molecule has 1 aliphatic rings. The monoisotopic (exact) mass is 431 g/mol. The lowest BCUT2D eigenvalue weighted by Crippen LogP contribution is -2.43. The van der Waals surface area contributed by atoms with Gasteiger partial charge in [0.1, 0.15) is 22.5 Å². The first-order valence-corrected chi connectivity index (χ1v) is 9.29. The van der Waals surface area contributed by atoms with Crippen molar-refractivity contribution in [1.29, 1.82) is 0 Å². The molecule has 1 saturated heterocycles.